The molecule has 1 saturated heterocycles. The fraction of sp³-hybridized carbons (Fsp3) is 0.345. The van der Waals surface area contributed by atoms with Gasteiger partial charge in [0.05, 0.1) is 16.4 Å². The SMILES string of the molecule is C=C(OC(C)(C)C)N1CCC[C@@H](NC(=O)c2sc3nccc4c3c2[nH]c(=C)n4-c2cccc(C(C)=O)c2)C1. The molecule has 1 amide bonds. The quantitative estimate of drug-likeness (QED) is 0.272. The van der Waals surface area contributed by atoms with Gasteiger partial charge in [-0.25, -0.2) is 4.98 Å². The minimum Gasteiger partial charge on any atom is -0.474 e. The average Bonchev–Trinajstić information content (AvgIpc) is 3.23. The van der Waals surface area contributed by atoms with Crippen LogP contribution in [-0.2, 0) is 4.74 Å². The Morgan fingerprint density at radius 1 is 1.26 bits per heavy atom. The number of nitrogens with zero attached hydrogens (tertiary/aromatic N) is 3. The van der Waals surface area contributed by atoms with Crippen molar-refractivity contribution in [3.63, 3.8) is 0 Å². The molecule has 38 heavy (non-hydrogen) atoms. The highest BCUT2D eigenvalue weighted by atomic mass is 32.1. The number of piperidine rings is 1. The largest absolute Gasteiger partial charge is 0.474 e. The number of ketones is 1. The van der Waals surface area contributed by atoms with E-state index in [1.54, 1.807) is 19.2 Å². The number of pyridine rings is 1. The molecule has 0 bridgehead atoms. The van der Waals surface area contributed by atoms with Gasteiger partial charge >= 0.3 is 0 Å². The maximum absolute atomic E-state index is 13.6. The molecule has 0 unspecified atom stereocenters. The van der Waals surface area contributed by atoms with Crippen molar-refractivity contribution in [2.75, 3.05) is 13.1 Å². The van der Waals surface area contributed by atoms with Gasteiger partial charge in [0.15, 0.2) is 11.7 Å². The fourth-order valence-electron chi connectivity index (χ4n) is 4.97. The number of ether oxygens (including phenoxy) is 1. The number of thiophene rings is 1. The number of benzene rings is 1. The smallest absolute Gasteiger partial charge is 0.263 e. The normalized spacial score (nSPS) is 16.1. The van der Waals surface area contributed by atoms with Crippen LogP contribution in [0.4, 0.5) is 0 Å². The minimum absolute atomic E-state index is 0.00712. The van der Waals surface area contributed by atoms with Gasteiger partial charge in [0.1, 0.15) is 20.8 Å². The van der Waals surface area contributed by atoms with Crippen molar-refractivity contribution in [2.45, 2.75) is 52.2 Å². The maximum Gasteiger partial charge on any atom is 0.263 e. The first-order chi connectivity index (χ1) is 18.0. The maximum atomic E-state index is 13.6. The first-order valence-corrected chi connectivity index (χ1v) is 13.6. The Balaban J connectivity index is 1.47. The molecular weight excluding hydrogens is 498 g/mol. The van der Waals surface area contributed by atoms with E-state index in [0.717, 1.165) is 40.8 Å². The van der Waals surface area contributed by atoms with Gasteiger partial charge in [-0.2, -0.15) is 0 Å². The predicted octanol–water partition coefficient (Wildman–Crippen LogP) is 4.94. The summed E-state index contributed by atoms with van der Waals surface area (Å²) < 4.78 is 7.92. The lowest BCUT2D eigenvalue weighted by molar-refractivity contribution is -0.00490. The number of carbonyl (C=O) groups is 2. The summed E-state index contributed by atoms with van der Waals surface area (Å²) in [6, 6.07) is 9.31. The van der Waals surface area contributed by atoms with Gasteiger partial charge in [0.25, 0.3) is 5.91 Å². The fourth-order valence-corrected chi connectivity index (χ4v) is 5.99. The van der Waals surface area contributed by atoms with E-state index >= 15 is 0 Å². The number of nitrogens with one attached hydrogen (secondary N) is 2. The number of aromatic nitrogens is 3. The van der Waals surface area contributed by atoms with Gasteiger partial charge in [0, 0.05) is 36.6 Å². The van der Waals surface area contributed by atoms with Crippen LogP contribution in [-0.4, -0.2) is 55.9 Å². The highest BCUT2D eigenvalue weighted by Gasteiger charge is 2.27. The number of rotatable bonds is 6. The molecule has 0 saturated carbocycles. The number of likely N-dealkylation sites (tertiary alicyclic amines) is 1. The first-order valence-electron chi connectivity index (χ1n) is 12.7. The molecule has 1 aliphatic rings. The third-order valence-corrected chi connectivity index (χ3v) is 7.70. The summed E-state index contributed by atoms with van der Waals surface area (Å²) in [6.45, 7) is 17.4. The van der Waals surface area contributed by atoms with Crippen molar-refractivity contribution in [3.8, 4) is 5.69 Å². The molecule has 4 heterocycles. The Hall–Kier alpha value is -3.85. The van der Waals surface area contributed by atoms with Crippen LogP contribution in [0.15, 0.2) is 49.0 Å². The van der Waals surface area contributed by atoms with Crippen LogP contribution < -0.4 is 10.8 Å². The van der Waals surface area contributed by atoms with Crippen molar-refractivity contribution in [1.82, 2.24) is 24.8 Å². The topological polar surface area (TPSA) is 92.2 Å². The summed E-state index contributed by atoms with van der Waals surface area (Å²) >= 11 is 1.36. The molecule has 0 radical (unpaired) electrons. The molecule has 0 spiro atoms. The van der Waals surface area contributed by atoms with E-state index in [1.165, 1.54) is 11.3 Å². The van der Waals surface area contributed by atoms with Crippen molar-refractivity contribution in [2.24, 2.45) is 0 Å². The Morgan fingerprint density at radius 3 is 2.79 bits per heavy atom. The molecule has 1 aliphatic heterocycles. The van der Waals surface area contributed by atoms with Crippen molar-refractivity contribution in [3.05, 3.63) is 64.9 Å². The molecule has 1 atom stereocenters. The van der Waals surface area contributed by atoms with Crippen LogP contribution in [0.3, 0.4) is 0 Å². The number of carbonyl (C=O) groups excluding carboxylic acids is 2. The van der Waals surface area contributed by atoms with Crippen LogP contribution in [0.5, 0.6) is 0 Å². The molecular formula is C29H33N5O3S. The number of hydrogen-bond acceptors (Lipinski definition) is 6. The lowest BCUT2D eigenvalue weighted by Gasteiger charge is -2.37. The summed E-state index contributed by atoms with van der Waals surface area (Å²) in [4.78, 5) is 36.9. The summed E-state index contributed by atoms with van der Waals surface area (Å²) in [7, 11) is 0. The van der Waals surface area contributed by atoms with Gasteiger partial charge in [0.2, 0.25) is 0 Å². The number of hydrogen-bond donors (Lipinski definition) is 2. The van der Waals surface area contributed by atoms with E-state index in [-0.39, 0.29) is 23.3 Å². The van der Waals surface area contributed by atoms with Crippen LogP contribution in [0.2, 0.25) is 0 Å². The molecule has 1 fully saturated rings. The van der Waals surface area contributed by atoms with E-state index in [0.29, 0.717) is 33.9 Å². The predicted molar refractivity (Wildman–Crippen MR) is 152 cm³/mol. The summed E-state index contributed by atoms with van der Waals surface area (Å²) in [5.74, 6) is 0.483. The molecule has 198 valence electrons. The number of aromatic amines is 1. The molecule has 5 rings (SSSR count). The third kappa shape index (κ3) is 4.98. The standard InChI is InChI=1S/C29H33N5O3S/c1-17(35)20-9-7-11-22(15-20)34-18(2)31-25-24-23(34)12-13-30-28(24)38-26(25)27(36)32-21-10-8-14-33(16-21)19(3)37-29(4,5)6/h7,9,11-13,15,21,31H,2-3,8,10,14,16H2,1,4-6H3,(H,32,36)/t21-/m1/s1. The Morgan fingerprint density at radius 2 is 2.05 bits per heavy atom. The highest BCUT2D eigenvalue weighted by Crippen LogP contribution is 2.34. The molecule has 4 aromatic rings. The highest BCUT2D eigenvalue weighted by molar-refractivity contribution is 7.21. The first kappa shape index (κ1) is 25.8. The summed E-state index contributed by atoms with van der Waals surface area (Å²) in [6.07, 6.45) is 3.56. The zero-order chi connectivity index (χ0) is 27.2. The van der Waals surface area contributed by atoms with E-state index in [4.69, 9.17) is 4.74 Å². The van der Waals surface area contributed by atoms with E-state index in [9.17, 15) is 9.59 Å². The molecule has 2 N–H and O–H groups in total. The van der Waals surface area contributed by atoms with Gasteiger partial charge in [-0.05, 0) is 65.3 Å². The van der Waals surface area contributed by atoms with E-state index in [2.05, 4.69) is 33.3 Å². The van der Waals surface area contributed by atoms with Crippen molar-refractivity contribution < 1.29 is 14.3 Å². The lowest BCUT2D eigenvalue weighted by Crippen LogP contribution is -2.48. The third-order valence-electron chi connectivity index (χ3n) is 6.60. The minimum atomic E-state index is -0.326. The second kappa shape index (κ2) is 9.79. The number of Topliss-reactive ketones (excluding diaryl/α,β-unsaturated/α-hetero) is 1. The van der Waals surface area contributed by atoms with Gasteiger partial charge in [-0.1, -0.05) is 18.7 Å². The van der Waals surface area contributed by atoms with Crippen molar-refractivity contribution in [1.29, 1.82) is 0 Å². The van der Waals surface area contributed by atoms with E-state index in [1.807, 2.05) is 49.6 Å². The van der Waals surface area contributed by atoms with Crippen LogP contribution in [0.25, 0.3) is 33.5 Å². The number of H-pyrrole nitrogens is 1. The Labute approximate surface area is 225 Å². The summed E-state index contributed by atoms with van der Waals surface area (Å²) in [5, 5.41) is 4.09. The Bertz CT molecular complexity index is 1620. The molecule has 3 aromatic heterocycles. The number of amides is 1. The van der Waals surface area contributed by atoms with Gasteiger partial charge in [-0.15, -0.1) is 11.3 Å². The average molecular weight is 532 g/mol. The van der Waals surface area contributed by atoms with Gasteiger partial charge in [-0.3, -0.25) is 14.2 Å². The van der Waals surface area contributed by atoms with E-state index < -0.39 is 0 Å². The van der Waals surface area contributed by atoms with Crippen molar-refractivity contribution >= 4 is 50.9 Å². The molecule has 1 aromatic carbocycles. The van der Waals surface area contributed by atoms with Gasteiger partial charge < -0.3 is 19.9 Å². The molecule has 8 nitrogen and oxygen atoms in total. The molecule has 0 aliphatic carbocycles. The van der Waals surface area contributed by atoms with Crippen LogP contribution >= 0.6 is 11.3 Å². The monoisotopic (exact) mass is 531 g/mol. The second-order valence-corrected chi connectivity index (χ2v) is 11.7. The van der Waals surface area contributed by atoms with Crippen LogP contribution in [0.1, 0.15) is 60.6 Å². The lowest BCUT2D eigenvalue weighted by atomic mass is 10.1. The zero-order valence-corrected chi connectivity index (χ0v) is 23.1. The molecule has 9 heteroatoms. The van der Waals surface area contributed by atoms with Crippen LogP contribution in [0, 0.1) is 0 Å². The summed E-state index contributed by atoms with van der Waals surface area (Å²) in [5.41, 5.74) is 3.27. The zero-order valence-electron chi connectivity index (χ0n) is 22.3. The Kier molecular flexibility index (Phi) is 6.65. The second-order valence-electron chi connectivity index (χ2n) is 10.7.